The number of nitrogens with zero attached hydrogens (tertiary/aromatic N) is 4. The van der Waals surface area contributed by atoms with Gasteiger partial charge >= 0.3 is 11.7 Å². The van der Waals surface area contributed by atoms with E-state index in [1.54, 1.807) is 20.8 Å². The van der Waals surface area contributed by atoms with Crippen LogP contribution in [0.15, 0.2) is 24.5 Å². The molecule has 156 valence electrons. The van der Waals surface area contributed by atoms with Crippen molar-refractivity contribution < 1.29 is 18.8 Å². The van der Waals surface area contributed by atoms with E-state index in [2.05, 4.69) is 15.3 Å². The number of halogens is 2. The molecule has 0 aliphatic carbocycles. The number of carbonyl (C=O) groups is 1. The van der Waals surface area contributed by atoms with Gasteiger partial charge in [0.15, 0.2) is 0 Å². The minimum Gasteiger partial charge on any atom is -0.459 e. The van der Waals surface area contributed by atoms with E-state index in [4.69, 9.17) is 16.3 Å². The van der Waals surface area contributed by atoms with E-state index in [1.807, 2.05) is 0 Å². The van der Waals surface area contributed by atoms with Gasteiger partial charge in [0, 0.05) is 13.6 Å². The smallest absolute Gasteiger partial charge is 0.353 e. The summed E-state index contributed by atoms with van der Waals surface area (Å²) in [6.45, 7) is 5.06. The largest absolute Gasteiger partial charge is 0.459 e. The standard InChI is InChI=1S/C18H21ClFN5O4/c1-18(2,3)29-14(26)9-24(4)17-15(25(27)28)16(22-10-23-17)21-8-11-5-6-13(20)12(19)7-11/h5-7,10H,8-9H2,1-4H3,(H,21,22,23). The number of likely N-dealkylation sites (N-methyl/N-ethyl adjacent to an activating group) is 1. The summed E-state index contributed by atoms with van der Waals surface area (Å²) in [5.41, 5.74) is -0.474. The average molecular weight is 426 g/mol. The number of ether oxygens (including phenoxy) is 1. The van der Waals surface area contributed by atoms with Crippen molar-refractivity contribution in [2.45, 2.75) is 32.9 Å². The molecule has 0 saturated carbocycles. The van der Waals surface area contributed by atoms with E-state index in [9.17, 15) is 19.3 Å². The Balaban J connectivity index is 2.23. The maximum Gasteiger partial charge on any atom is 0.353 e. The summed E-state index contributed by atoms with van der Waals surface area (Å²) >= 11 is 5.75. The molecule has 0 amide bonds. The highest BCUT2D eigenvalue weighted by atomic mass is 35.5. The van der Waals surface area contributed by atoms with Gasteiger partial charge in [-0.1, -0.05) is 17.7 Å². The van der Waals surface area contributed by atoms with Crippen LogP contribution in [0.1, 0.15) is 26.3 Å². The number of anilines is 2. The van der Waals surface area contributed by atoms with Gasteiger partial charge in [0.25, 0.3) is 0 Å². The van der Waals surface area contributed by atoms with Crippen LogP contribution >= 0.6 is 11.6 Å². The van der Waals surface area contributed by atoms with Crippen molar-refractivity contribution in [3.05, 3.63) is 51.0 Å². The molecule has 1 heterocycles. The third-order valence-corrected chi connectivity index (χ3v) is 3.87. The van der Waals surface area contributed by atoms with E-state index in [-0.39, 0.29) is 29.7 Å². The van der Waals surface area contributed by atoms with Crippen LogP contribution in [-0.4, -0.2) is 40.1 Å². The summed E-state index contributed by atoms with van der Waals surface area (Å²) in [4.78, 5) is 32.2. The molecule has 11 heteroatoms. The van der Waals surface area contributed by atoms with Crippen molar-refractivity contribution in [2.75, 3.05) is 23.8 Å². The van der Waals surface area contributed by atoms with Crippen molar-refractivity contribution in [3.8, 4) is 0 Å². The second-order valence-corrected chi connectivity index (χ2v) is 7.60. The molecule has 0 atom stereocenters. The number of hydrogen-bond donors (Lipinski definition) is 1. The number of nitrogens with one attached hydrogen (secondary N) is 1. The lowest BCUT2D eigenvalue weighted by Gasteiger charge is -2.23. The summed E-state index contributed by atoms with van der Waals surface area (Å²) in [7, 11) is 1.49. The fourth-order valence-electron chi connectivity index (χ4n) is 2.42. The SMILES string of the molecule is CN(CC(=O)OC(C)(C)C)c1ncnc(NCc2ccc(F)c(Cl)c2)c1[N+](=O)[O-]. The molecule has 9 nitrogen and oxygen atoms in total. The van der Waals surface area contributed by atoms with E-state index in [1.165, 1.54) is 30.1 Å². The highest BCUT2D eigenvalue weighted by Crippen LogP contribution is 2.31. The highest BCUT2D eigenvalue weighted by Gasteiger charge is 2.27. The Morgan fingerprint density at radius 3 is 2.66 bits per heavy atom. The monoisotopic (exact) mass is 425 g/mol. The Morgan fingerprint density at radius 2 is 2.07 bits per heavy atom. The zero-order chi connectivity index (χ0) is 21.8. The highest BCUT2D eigenvalue weighted by molar-refractivity contribution is 6.30. The lowest BCUT2D eigenvalue weighted by atomic mass is 10.2. The number of carbonyl (C=O) groups excluding carboxylic acids is 1. The van der Waals surface area contributed by atoms with Gasteiger partial charge in [-0.2, -0.15) is 0 Å². The molecule has 1 aromatic carbocycles. The van der Waals surface area contributed by atoms with Crippen LogP contribution in [0.3, 0.4) is 0 Å². The molecule has 0 bridgehead atoms. The number of rotatable bonds is 7. The zero-order valence-corrected chi connectivity index (χ0v) is 17.2. The molecule has 1 N–H and O–H groups in total. The minimum atomic E-state index is -0.682. The number of nitro groups is 1. The maximum atomic E-state index is 13.3. The van der Waals surface area contributed by atoms with E-state index in [0.29, 0.717) is 5.56 Å². The van der Waals surface area contributed by atoms with Crippen molar-refractivity contribution in [1.29, 1.82) is 0 Å². The third kappa shape index (κ3) is 6.24. The number of esters is 1. The topological polar surface area (TPSA) is 110 Å². The summed E-state index contributed by atoms with van der Waals surface area (Å²) in [5, 5.41) is 14.4. The lowest BCUT2D eigenvalue weighted by Crippen LogP contribution is -2.33. The molecule has 0 spiro atoms. The van der Waals surface area contributed by atoms with Crippen molar-refractivity contribution in [1.82, 2.24) is 9.97 Å². The molecule has 0 fully saturated rings. The second kappa shape index (κ2) is 8.99. The number of benzene rings is 1. The van der Waals surface area contributed by atoms with Crippen LogP contribution in [0.25, 0.3) is 0 Å². The van der Waals surface area contributed by atoms with Gasteiger partial charge in [-0.15, -0.1) is 0 Å². The van der Waals surface area contributed by atoms with E-state index in [0.717, 1.165) is 6.33 Å². The van der Waals surface area contributed by atoms with Crippen molar-refractivity contribution >= 4 is 34.9 Å². The molecule has 2 aromatic rings. The zero-order valence-electron chi connectivity index (χ0n) is 16.4. The quantitative estimate of drug-likeness (QED) is 0.407. The predicted molar refractivity (Wildman–Crippen MR) is 107 cm³/mol. The Labute approximate surface area is 172 Å². The van der Waals surface area contributed by atoms with Gasteiger partial charge in [-0.25, -0.2) is 14.4 Å². The van der Waals surface area contributed by atoms with E-state index >= 15 is 0 Å². The fourth-order valence-corrected chi connectivity index (χ4v) is 2.63. The first-order valence-electron chi connectivity index (χ1n) is 8.58. The Morgan fingerprint density at radius 1 is 1.38 bits per heavy atom. The van der Waals surface area contributed by atoms with Crippen LogP contribution < -0.4 is 10.2 Å². The van der Waals surface area contributed by atoms with Crippen LogP contribution in [0.4, 0.5) is 21.7 Å². The molecule has 0 aliphatic heterocycles. The normalized spacial score (nSPS) is 11.1. The molecular weight excluding hydrogens is 405 g/mol. The predicted octanol–water partition coefficient (Wildman–Crippen LogP) is 3.57. The third-order valence-electron chi connectivity index (χ3n) is 3.58. The molecule has 0 aliphatic rings. The Kier molecular flexibility index (Phi) is 6.91. The van der Waals surface area contributed by atoms with Crippen LogP contribution in [0.2, 0.25) is 5.02 Å². The first kappa shape index (κ1) is 22.3. The lowest BCUT2D eigenvalue weighted by molar-refractivity contribution is -0.383. The first-order chi connectivity index (χ1) is 13.5. The van der Waals surface area contributed by atoms with Crippen LogP contribution in [0, 0.1) is 15.9 Å². The number of hydrogen-bond acceptors (Lipinski definition) is 8. The molecule has 0 saturated heterocycles. The number of aromatic nitrogens is 2. The maximum absolute atomic E-state index is 13.3. The summed E-state index contributed by atoms with van der Waals surface area (Å²) in [6.07, 6.45) is 1.15. The molecule has 29 heavy (non-hydrogen) atoms. The molecule has 0 radical (unpaired) electrons. The summed E-state index contributed by atoms with van der Waals surface area (Å²) < 4.78 is 18.5. The van der Waals surface area contributed by atoms with Gasteiger partial charge in [0.05, 0.1) is 9.95 Å². The average Bonchev–Trinajstić information content (AvgIpc) is 2.60. The molecule has 0 unspecified atom stereocenters. The van der Waals surface area contributed by atoms with Crippen molar-refractivity contribution in [3.63, 3.8) is 0 Å². The Hall–Kier alpha value is -3.01. The van der Waals surface area contributed by atoms with Crippen molar-refractivity contribution in [2.24, 2.45) is 0 Å². The first-order valence-corrected chi connectivity index (χ1v) is 8.96. The molecule has 2 rings (SSSR count). The Bertz CT molecular complexity index is 920. The summed E-state index contributed by atoms with van der Waals surface area (Å²) in [5.74, 6) is -1.20. The fraction of sp³-hybridized carbons (Fsp3) is 0.389. The minimum absolute atomic E-state index is 0.0449. The van der Waals surface area contributed by atoms with Gasteiger partial charge in [-0.3, -0.25) is 14.9 Å². The van der Waals surface area contributed by atoms with E-state index < -0.39 is 28.0 Å². The van der Waals surface area contributed by atoms with Gasteiger partial charge < -0.3 is 15.0 Å². The molecule has 1 aromatic heterocycles. The second-order valence-electron chi connectivity index (χ2n) is 7.20. The van der Waals surface area contributed by atoms with Crippen LogP contribution in [-0.2, 0) is 16.1 Å². The van der Waals surface area contributed by atoms with Gasteiger partial charge in [0.1, 0.15) is 24.3 Å². The van der Waals surface area contributed by atoms with Crippen LogP contribution in [0.5, 0.6) is 0 Å². The van der Waals surface area contributed by atoms with Gasteiger partial charge in [0.2, 0.25) is 11.6 Å². The van der Waals surface area contributed by atoms with Gasteiger partial charge in [-0.05, 0) is 38.5 Å². The molecular formula is C18H21ClFN5O4. The summed E-state index contributed by atoms with van der Waals surface area (Å²) in [6, 6.07) is 4.11.